The maximum absolute atomic E-state index is 12.6. The Labute approximate surface area is 155 Å². The van der Waals surface area contributed by atoms with Crippen molar-refractivity contribution in [1.29, 1.82) is 0 Å². The number of likely N-dealkylation sites (tertiary alicyclic amines) is 1. The van der Waals surface area contributed by atoms with Gasteiger partial charge in [0, 0.05) is 36.2 Å². The van der Waals surface area contributed by atoms with Crippen LogP contribution in [0.5, 0.6) is 0 Å². The number of nitrogens with one attached hydrogen (secondary N) is 1. The van der Waals surface area contributed by atoms with Gasteiger partial charge in [0.25, 0.3) is 0 Å². The number of carbonyl (C=O) groups is 2. The van der Waals surface area contributed by atoms with E-state index >= 15 is 0 Å². The second kappa shape index (κ2) is 9.32. The Balaban J connectivity index is 1.95. The molecule has 0 unspecified atom stereocenters. The number of carbonyl (C=O) groups excluding carboxylic acids is 2. The molecule has 0 saturated carbocycles. The summed E-state index contributed by atoms with van der Waals surface area (Å²) in [5.74, 6) is 0.814. The first-order chi connectivity index (χ1) is 12.0. The molecule has 1 N–H and O–H groups in total. The molecule has 1 saturated heterocycles. The second-order valence-electron chi connectivity index (χ2n) is 7.19. The Kier molecular flexibility index (Phi) is 7.41. The third-order valence-electron chi connectivity index (χ3n) is 4.95. The van der Waals surface area contributed by atoms with Gasteiger partial charge in [0.2, 0.25) is 11.8 Å². The van der Waals surface area contributed by atoms with E-state index in [4.69, 9.17) is 4.98 Å². The van der Waals surface area contributed by atoms with E-state index < -0.39 is 0 Å². The predicted octanol–water partition coefficient (Wildman–Crippen LogP) is 3.56. The number of aromatic nitrogens is 1. The van der Waals surface area contributed by atoms with E-state index in [9.17, 15) is 9.59 Å². The summed E-state index contributed by atoms with van der Waals surface area (Å²) in [5.41, 5.74) is 0.914. The molecule has 6 heteroatoms. The van der Waals surface area contributed by atoms with Gasteiger partial charge in [-0.25, -0.2) is 4.98 Å². The minimum Gasteiger partial charge on any atom is -0.350 e. The first kappa shape index (κ1) is 19.9. The summed E-state index contributed by atoms with van der Waals surface area (Å²) >= 11 is 1.65. The number of rotatable bonds is 7. The van der Waals surface area contributed by atoms with Gasteiger partial charge >= 0.3 is 0 Å². The van der Waals surface area contributed by atoms with Crippen LogP contribution in [0.25, 0.3) is 0 Å². The molecule has 1 aliphatic heterocycles. The van der Waals surface area contributed by atoms with E-state index in [0.29, 0.717) is 18.4 Å². The fourth-order valence-corrected chi connectivity index (χ4v) is 4.20. The quantitative estimate of drug-likeness (QED) is 0.804. The number of hydrogen-bond acceptors (Lipinski definition) is 4. The monoisotopic (exact) mass is 365 g/mol. The topological polar surface area (TPSA) is 62.3 Å². The summed E-state index contributed by atoms with van der Waals surface area (Å²) in [4.78, 5) is 31.1. The van der Waals surface area contributed by atoms with Gasteiger partial charge in [-0.1, -0.05) is 27.7 Å². The fraction of sp³-hybridized carbons (Fsp3) is 0.737. The van der Waals surface area contributed by atoms with Crippen LogP contribution in [-0.2, 0) is 16.1 Å². The maximum atomic E-state index is 12.6. The van der Waals surface area contributed by atoms with Crippen LogP contribution in [0.4, 0.5) is 0 Å². The van der Waals surface area contributed by atoms with Gasteiger partial charge in [0.1, 0.15) is 0 Å². The molecule has 1 aromatic heterocycles. The molecule has 0 aromatic carbocycles. The molecule has 0 bridgehead atoms. The molecule has 5 nitrogen and oxygen atoms in total. The highest BCUT2D eigenvalue weighted by atomic mass is 32.1. The van der Waals surface area contributed by atoms with Gasteiger partial charge < -0.3 is 10.2 Å². The minimum atomic E-state index is -0.0129. The average Bonchev–Trinajstić information content (AvgIpc) is 3.09. The Morgan fingerprint density at radius 2 is 2.08 bits per heavy atom. The van der Waals surface area contributed by atoms with Crippen LogP contribution in [-0.4, -0.2) is 34.8 Å². The molecular formula is C19H31N3O2S. The van der Waals surface area contributed by atoms with E-state index in [1.807, 2.05) is 24.1 Å². The summed E-state index contributed by atoms with van der Waals surface area (Å²) < 4.78 is 0. The van der Waals surface area contributed by atoms with Crippen molar-refractivity contribution in [3.05, 3.63) is 16.1 Å². The molecule has 1 fully saturated rings. The lowest BCUT2D eigenvalue weighted by Gasteiger charge is -2.34. The van der Waals surface area contributed by atoms with Crippen molar-refractivity contribution >= 4 is 23.2 Å². The van der Waals surface area contributed by atoms with Crippen LogP contribution in [0.1, 0.15) is 70.0 Å². The summed E-state index contributed by atoms with van der Waals surface area (Å²) in [6.45, 7) is 10.1. The number of hydrogen-bond donors (Lipinski definition) is 1. The number of piperidine rings is 1. The SMILES string of the molecule is CCC(CC)C(=O)N1CCC[C@H](c2nc(CNC(=O)C(C)C)cs2)C1. The molecule has 0 aliphatic carbocycles. The number of nitrogens with zero attached hydrogens (tertiary/aromatic N) is 2. The van der Waals surface area contributed by atoms with E-state index in [-0.39, 0.29) is 17.7 Å². The van der Waals surface area contributed by atoms with Gasteiger partial charge in [-0.05, 0) is 25.7 Å². The van der Waals surface area contributed by atoms with E-state index in [2.05, 4.69) is 19.2 Å². The van der Waals surface area contributed by atoms with E-state index in [0.717, 1.165) is 49.5 Å². The summed E-state index contributed by atoms with van der Waals surface area (Å²) in [7, 11) is 0. The average molecular weight is 366 g/mol. The third kappa shape index (κ3) is 5.27. The molecule has 1 aromatic rings. The minimum absolute atomic E-state index is 0.0129. The summed E-state index contributed by atoms with van der Waals surface area (Å²) in [5, 5.41) is 6.03. The van der Waals surface area contributed by atoms with E-state index in [1.165, 1.54) is 0 Å². The Hall–Kier alpha value is -1.43. The molecule has 2 amide bonds. The van der Waals surface area contributed by atoms with Crippen molar-refractivity contribution in [3.63, 3.8) is 0 Å². The molecule has 140 valence electrons. The zero-order valence-electron chi connectivity index (χ0n) is 15.9. The lowest BCUT2D eigenvalue weighted by atomic mass is 9.95. The maximum Gasteiger partial charge on any atom is 0.225 e. The van der Waals surface area contributed by atoms with Crippen molar-refractivity contribution < 1.29 is 9.59 Å². The van der Waals surface area contributed by atoms with Crippen LogP contribution < -0.4 is 5.32 Å². The van der Waals surface area contributed by atoms with Crippen LogP contribution in [0.2, 0.25) is 0 Å². The highest BCUT2D eigenvalue weighted by molar-refractivity contribution is 7.09. The second-order valence-corrected chi connectivity index (χ2v) is 8.08. The molecule has 1 atom stereocenters. The molecule has 2 heterocycles. The first-order valence-electron chi connectivity index (χ1n) is 9.47. The van der Waals surface area contributed by atoms with Crippen molar-refractivity contribution in [2.45, 2.75) is 65.8 Å². The van der Waals surface area contributed by atoms with Crippen molar-refractivity contribution in [2.75, 3.05) is 13.1 Å². The van der Waals surface area contributed by atoms with Crippen LogP contribution in [0.3, 0.4) is 0 Å². The van der Waals surface area contributed by atoms with Crippen LogP contribution >= 0.6 is 11.3 Å². The van der Waals surface area contributed by atoms with Crippen LogP contribution in [0, 0.1) is 11.8 Å². The lowest BCUT2D eigenvalue weighted by molar-refractivity contribution is -0.137. The molecule has 0 spiro atoms. The lowest BCUT2D eigenvalue weighted by Crippen LogP contribution is -2.42. The normalized spacial score (nSPS) is 18.0. The molecule has 0 radical (unpaired) electrons. The zero-order valence-corrected chi connectivity index (χ0v) is 16.7. The van der Waals surface area contributed by atoms with Gasteiger partial charge in [-0.15, -0.1) is 11.3 Å². The Morgan fingerprint density at radius 3 is 2.72 bits per heavy atom. The largest absolute Gasteiger partial charge is 0.350 e. The van der Waals surface area contributed by atoms with Crippen molar-refractivity contribution in [2.24, 2.45) is 11.8 Å². The smallest absolute Gasteiger partial charge is 0.225 e. The van der Waals surface area contributed by atoms with Gasteiger partial charge in [-0.2, -0.15) is 0 Å². The third-order valence-corrected chi connectivity index (χ3v) is 6.01. The van der Waals surface area contributed by atoms with Crippen molar-refractivity contribution in [1.82, 2.24) is 15.2 Å². The summed E-state index contributed by atoms with van der Waals surface area (Å²) in [6.07, 6.45) is 3.94. The van der Waals surface area contributed by atoms with E-state index in [1.54, 1.807) is 11.3 Å². The number of thiazole rings is 1. The highest BCUT2D eigenvalue weighted by Gasteiger charge is 2.29. The molecule has 25 heavy (non-hydrogen) atoms. The van der Waals surface area contributed by atoms with Gasteiger partial charge in [-0.3, -0.25) is 9.59 Å². The zero-order chi connectivity index (χ0) is 18.4. The first-order valence-corrected chi connectivity index (χ1v) is 10.3. The van der Waals surface area contributed by atoms with Crippen molar-refractivity contribution in [3.8, 4) is 0 Å². The predicted molar refractivity (Wildman–Crippen MR) is 101 cm³/mol. The van der Waals surface area contributed by atoms with Crippen LogP contribution in [0.15, 0.2) is 5.38 Å². The highest BCUT2D eigenvalue weighted by Crippen LogP contribution is 2.30. The fourth-order valence-electron chi connectivity index (χ4n) is 3.25. The summed E-state index contributed by atoms with van der Waals surface area (Å²) in [6, 6.07) is 0. The molecule has 2 rings (SSSR count). The van der Waals surface area contributed by atoms with Gasteiger partial charge in [0.15, 0.2) is 0 Å². The molecular weight excluding hydrogens is 334 g/mol. The number of amides is 2. The Morgan fingerprint density at radius 1 is 1.36 bits per heavy atom. The van der Waals surface area contributed by atoms with Gasteiger partial charge in [0.05, 0.1) is 17.2 Å². The standard InChI is InChI=1S/C19H31N3O2S/c1-5-14(6-2)19(24)22-9-7-8-15(11-22)18-21-16(12-25-18)10-20-17(23)13(3)4/h12-15H,5-11H2,1-4H3,(H,20,23)/t15-/m0/s1. The Bertz CT molecular complexity index is 581. The molecule has 1 aliphatic rings.